The van der Waals surface area contributed by atoms with Crippen LogP contribution in [0.15, 0.2) is 36.0 Å². The number of esters is 2. The Morgan fingerprint density at radius 1 is 1.52 bits per heavy atom. The second-order valence-electron chi connectivity index (χ2n) is 7.57. The smallest absolute Gasteiger partial charge is 0.334 e. The third kappa shape index (κ3) is 2.65. The van der Waals surface area contributed by atoms with E-state index < -0.39 is 29.7 Å². The van der Waals surface area contributed by atoms with E-state index in [0.717, 1.165) is 5.57 Å². The standard InChI is InChI=1S/C20H26O5/c1-6-10(2)18(21)24-14-9-12(4)20(23)8-7-11(3)16(20)17-15(14)13(5)19(22)25-17/h7,10,14-17,23H,4-6,8-9H2,1-3H3/t10?,14-,15+,16+,17+,20+/m0/s1. The van der Waals surface area contributed by atoms with Gasteiger partial charge in [-0.05, 0) is 25.3 Å². The van der Waals surface area contributed by atoms with Crippen LogP contribution in [0.2, 0.25) is 0 Å². The van der Waals surface area contributed by atoms with Gasteiger partial charge in [0.2, 0.25) is 0 Å². The molecule has 5 heteroatoms. The number of carbonyl (C=O) groups excluding carboxylic acids is 2. The van der Waals surface area contributed by atoms with Crippen LogP contribution in [0.3, 0.4) is 0 Å². The maximum absolute atomic E-state index is 12.3. The van der Waals surface area contributed by atoms with Crippen molar-refractivity contribution in [1.82, 2.24) is 0 Å². The molecule has 0 spiro atoms. The second kappa shape index (κ2) is 6.13. The summed E-state index contributed by atoms with van der Waals surface area (Å²) in [5, 5.41) is 11.2. The molecule has 0 aromatic carbocycles. The van der Waals surface area contributed by atoms with Crippen molar-refractivity contribution in [3.63, 3.8) is 0 Å². The summed E-state index contributed by atoms with van der Waals surface area (Å²) in [5.74, 6) is -1.85. The third-order valence-corrected chi connectivity index (χ3v) is 6.07. The van der Waals surface area contributed by atoms with E-state index in [2.05, 4.69) is 13.2 Å². The molecule has 6 atom stereocenters. The highest BCUT2D eigenvalue weighted by Gasteiger charge is 2.59. The Kier molecular flexibility index (Phi) is 4.40. The van der Waals surface area contributed by atoms with Gasteiger partial charge >= 0.3 is 11.9 Å². The van der Waals surface area contributed by atoms with Crippen molar-refractivity contribution in [2.45, 2.75) is 57.8 Å². The Hall–Kier alpha value is -1.88. The van der Waals surface area contributed by atoms with Gasteiger partial charge < -0.3 is 14.6 Å². The maximum Gasteiger partial charge on any atom is 0.334 e. The Balaban J connectivity index is 1.99. The molecule has 3 rings (SSSR count). The summed E-state index contributed by atoms with van der Waals surface area (Å²) >= 11 is 0. The van der Waals surface area contributed by atoms with Gasteiger partial charge in [-0.1, -0.05) is 38.7 Å². The largest absolute Gasteiger partial charge is 0.461 e. The first-order valence-electron chi connectivity index (χ1n) is 8.88. The summed E-state index contributed by atoms with van der Waals surface area (Å²) < 4.78 is 11.3. The van der Waals surface area contributed by atoms with Crippen LogP contribution in [-0.2, 0) is 19.1 Å². The van der Waals surface area contributed by atoms with Gasteiger partial charge in [0.05, 0.1) is 23.4 Å². The van der Waals surface area contributed by atoms with Crippen LogP contribution < -0.4 is 0 Å². The number of fused-ring (bicyclic) bond motifs is 3. The van der Waals surface area contributed by atoms with Crippen LogP contribution in [-0.4, -0.2) is 34.9 Å². The first kappa shape index (κ1) is 17.9. The quantitative estimate of drug-likeness (QED) is 0.483. The molecule has 1 N–H and O–H groups in total. The van der Waals surface area contributed by atoms with Crippen LogP contribution in [0.5, 0.6) is 0 Å². The number of carbonyl (C=O) groups is 2. The molecule has 2 aliphatic carbocycles. The molecule has 1 heterocycles. The minimum Gasteiger partial charge on any atom is -0.461 e. The lowest BCUT2D eigenvalue weighted by atomic mass is 9.77. The van der Waals surface area contributed by atoms with Gasteiger partial charge in [-0.2, -0.15) is 0 Å². The van der Waals surface area contributed by atoms with Crippen LogP contribution in [0, 0.1) is 17.8 Å². The van der Waals surface area contributed by atoms with Crippen molar-refractivity contribution < 1.29 is 24.2 Å². The minimum atomic E-state index is -1.17. The molecule has 1 aliphatic heterocycles. The SMILES string of the molecule is C=C1C(=O)O[C@@H]2[C@H]1[C@@H](OC(=O)C(C)CC)CC(=C)[C@]1(O)CC=C(C)[C@H]21. The summed E-state index contributed by atoms with van der Waals surface area (Å²) in [6.45, 7) is 13.6. The van der Waals surface area contributed by atoms with Crippen LogP contribution in [0.1, 0.15) is 40.0 Å². The lowest BCUT2D eigenvalue weighted by Crippen LogP contribution is -2.43. The summed E-state index contributed by atoms with van der Waals surface area (Å²) in [6.07, 6.45) is 2.19. The van der Waals surface area contributed by atoms with Gasteiger partial charge in [0.15, 0.2) is 0 Å². The molecule has 1 saturated carbocycles. The molecular weight excluding hydrogens is 320 g/mol. The fourth-order valence-electron chi connectivity index (χ4n) is 4.25. The number of aliphatic hydroxyl groups is 1. The first-order valence-corrected chi connectivity index (χ1v) is 8.88. The van der Waals surface area contributed by atoms with E-state index in [1.165, 1.54) is 0 Å². The van der Waals surface area contributed by atoms with Crippen molar-refractivity contribution in [3.8, 4) is 0 Å². The zero-order chi connectivity index (χ0) is 18.5. The number of ether oxygens (including phenoxy) is 2. The molecular formula is C20H26O5. The van der Waals surface area contributed by atoms with Crippen LogP contribution in [0.4, 0.5) is 0 Å². The van der Waals surface area contributed by atoms with Gasteiger partial charge in [0, 0.05) is 12.0 Å². The predicted molar refractivity (Wildman–Crippen MR) is 92.4 cm³/mol. The highest BCUT2D eigenvalue weighted by molar-refractivity contribution is 5.91. The molecule has 1 unspecified atom stereocenters. The summed E-state index contributed by atoms with van der Waals surface area (Å²) in [7, 11) is 0. The average Bonchev–Trinajstić information content (AvgIpc) is 3.00. The van der Waals surface area contributed by atoms with Crippen molar-refractivity contribution in [2.75, 3.05) is 0 Å². The van der Waals surface area contributed by atoms with Gasteiger partial charge in [-0.15, -0.1) is 0 Å². The molecule has 0 bridgehead atoms. The van der Waals surface area contributed by atoms with Crippen LogP contribution in [0.25, 0.3) is 0 Å². The molecule has 3 aliphatic rings. The fraction of sp³-hybridized carbons (Fsp3) is 0.600. The van der Waals surface area contributed by atoms with Crippen molar-refractivity contribution in [2.24, 2.45) is 17.8 Å². The summed E-state index contributed by atoms with van der Waals surface area (Å²) in [6, 6.07) is 0. The number of hydrogen-bond donors (Lipinski definition) is 1. The summed E-state index contributed by atoms with van der Waals surface area (Å²) in [5.41, 5.74) is 0.722. The molecule has 0 aromatic heterocycles. The average molecular weight is 346 g/mol. The normalized spacial score (nSPS) is 38.4. The van der Waals surface area contributed by atoms with Crippen LogP contribution >= 0.6 is 0 Å². The molecule has 0 amide bonds. The topological polar surface area (TPSA) is 72.8 Å². The Labute approximate surface area is 148 Å². The number of rotatable bonds is 3. The highest BCUT2D eigenvalue weighted by Crippen LogP contribution is 2.53. The van der Waals surface area contributed by atoms with E-state index in [-0.39, 0.29) is 17.8 Å². The zero-order valence-corrected chi connectivity index (χ0v) is 15.1. The van der Waals surface area contributed by atoms with Gasteiger partial charge in [-0.25, -0.2) is 4.79 Å². The van der Waals surface area contributed by atoms with Crippen molar-refractivity contribution in [3.05, 3.63) is 36.0 Å². The van der Waals surface area contributed by atoms with E-state index in [4.69, 9.17) is 9.47 Å². The lowest BCUT2D eigenvalue weighted by Gasteiger charge is -2.34. The Morgan fingerprint density at radius 3 is 2.84 bits per heavy atom. The van der Waals surface area contributed by atoms with Gasteiger partial charge in [0.1, 0.15) is 12.2 Å². The van der Waals surface area contributed by atoms with Gasteiger partial charge in [0.25, 0.3) is 0 Å². The summed E-state index contributed by atoms with van der Waals surface area (Å²) in [4.78, 5) is 24.5. The van der Waals surface area contributed by atoms with Gasteiger partial charge in [-0.3, -0.25) is 4.79 Å². The van der Waals surface area contributed by atoms with E-state index in [1.54, 1.807) is 0 Å². The monoisotopic (exact) mass is 346 g/mol. The molecule has 1 saturated heterocycles. The van der Waals surface area contributed by atoms with E-state index in [9.17, 15) is 14.7 Å². The molecule has 2 fully saturated rings. The highest BCUT2D eigenvalue weighted by atomic mass is 16.6. The number of hydrogen-bond acceptors (Lipinski definition) is 5. The molecule has 0 aromatic rings. The zero-order valence-electron chi connectivity index (χ0n) is 15.1. The lowest BCUT2D eigenvalue weighted by molar-refractivity contribution is -0.157. The molecule has 136 valence electrons. The molecule has 25 heavy (non-hydrogen) atoms. The predicted octanol–water partition coefficient (Wildman–Crippen LogP) is 2.70. The van der Waals surface area contributed by atoms with E-state index >= 15 is 0 Å². The first-order chi connectivity index (χ1) is 11.7. The molecule has 5 nitrogen and oxygen atoms in total. The van der Waals surface area contributed by atoms with Crippen molar-refractivity contribution >= 4 is 11.9 Å². The van der Waals surface area contributed by atoms with E-state index in [0.29, 0.717) is 30.4 Å². The third-order valence-electron chi connectivity index (χ3n) is 6.07. The second-order valence-corrected chi connectivity index (χ2v) is 7.57. The Bertz CT molecular complexity index is 676. The minimum absolute atomic E-state index is 0.231. The van der Waals surface area contributed by atoms with Crippen molar-refractivity contribution in [1.29, 1.82) is 0 Å². The van der Waals surface area contributed by atoms with E-state index in [1.807, 2.05) is 26.8 Å². The Morgan fingerprint density at radius 2 is 2.20 bits per heavy atom. The molecule has 0 radical (unpaired) electrons. The fourth-order valence-corrected chi connectivity index (χ4v) is 4.25. The maximum atomic E-state index is 12.3.